The zero-order valence-electron chi connectivity index (χ0n) is 9.98. The molecule has 0 radical (unpaired) electrons. The topological polar surface area (TPSA) is 64.3 Å². The summed E-state index contributed by atoms with van der Waals surface area (Å²) < 4.78 is 5.29. The number of aldehydes is 2. The number of hydrogen-bond acceptors (Lipinski definition) is 4. The number of fused-ring (bicyclic) bond motifs is 1. The highest BCUT2D eigenvalue weighted by Gasteiger charge is 2.13. The van der Waals surface area contributed by atoms with Crippen molar-refractivity contribution in [2.75, 3.05) is 0 Å². The Morgan fingerprint density at radius 2 is 1.95 bits per heavy atom. The number of halogens is 1. The van der Waals surface area contributed by atoms with Crippen LogP contribution in [0.2, 0.25) is 0 Å². The second-order valence-corrected chi connectivity index (χ2v) is 4.36. The molecule has 0 atom stereocenters. The molecule has 2 aromatic rings. The third-order valence-electron chi connectivity index (χ3n) is 2.67. The summed E-state index contributed by atoms with van der Waals surface area (Å²) in [5.41, 5.74) is 0.636. The first kappa shape index (κ1) is 13.2. The molecule has 0 saturated heterocycles. The quantitative estimate of drug-likeness (QED) is 0.374. The normalized spacial score (nSPS) is 10.2. The first-order valence-corrected chi connectivity index (χ1v) is 5.79. The molecule has 0 N–H and O–H groups in total. The minimum atomic E-state index is -0.379. The fraction of sp³-hybridized carbons (Fsp3) is 0.0714. The van der Waals surface area contributed by atoms with E-state index in [4.69, 9.17) is 16.0 Å². The highest BCUT2D eigenvalue weighted by molar-refractivity contribution is 6.52. The predicted molar refractivity (Wildman–Crippen MR) is 72.1 cm³/mol. The molecule has 1 aromatic heterocycles. The third kappa shape index (κ3) is 2.35. The van der Waals surface area contributed by atoms with Crippen molar-refractivity contribution in [2.24, 2.45) is 0 Å². The van der Waals surface area contributed by atoms with E-state index < -0.39 is 0 Å². The van der Waals surface area contributed by atoms with Gasteiger partial charge >= 0.3 is 0 Å². The van der Waals surface area contributed by atoms with Gasteiger partial charge in [0.1, 0.15) is 11.8 Å². The van der Waals surface area contributed by atoms with Crippen molar-refractivity contribution in [1.82, 2.24) is 0 Å². The minimum absolute atomic E-state index is 0.00559. The average molecular weight is 277 g/mol. The molecule has 1 heterocycles. The number of aryl methyl sites for hydroxylation is 1. The molecule has 0 bridgehead atoms. The van der Waals surface area contributed by atoms with E-state index in [1.165, 1.54) is 0 Å². The van der Waals surface area contributed by atoms with E-state index in [0.29, 0.717) is 23.5 Å². The van der Waals surface area contributed by atoms with Gasteiger partial charge in [-0.2, -0.15) is 0 Å². The standard InChI is InChI=1S/C14H9ClO4/c1-8-2-3-12-10(4-8)14(18)11(7-19-12)13(15)9(5-16)6-17/h2-7H,1H3. The Morgan fingerprint density at radius 3 is 2.58 bits per heavy atom. The molecule has 2 rings (SSSR count). The molecule has 0 aliphatic rings. The Hall–Kier alpha value is -2.20. The molecule has 0 aliphatic heterocycles. The first-order valence-electron chi connectivity index (χ1n) is 5.41. The summed E-state index contributed by atoms with van der Waals surface area (Å²) in [5.74, 6) is 0. The Labute approximate surface area is 113 Å². The summed E-state index contributed by atoms with van der Waals surface area (Å²) in [6.07, 6.45) is 1.75. The second kappa shape index (κ2) is 5.20. The average Bonchev–Trinajstić information content (AvgIpc) is 2.41. The number of carbonyl (C=O) groups is 2. The van der Waals surface area contributed by atoms with Crippen LogP contribution in [0.5, 0.6) is 0 Å². The summed E-state index contributed by atoms with van der Waals surface area (Å²) >= 11 is 5.88. The van der Waals surface area contributed by atoms with Crippen LogP contribution in [0.15, 0.2) is 39.2 Å². The lowest BCUT2D eigenvalue weighted by molar-refractivity contribution is -0.109. The SMILES string of the molecule is Cc1ccc2occ(C(Cl)=C(C=O)C=O)c(=O)c2c1. The summed E-state index contributed by atoms with van der Waals surface area (Å²) in [5, 5.41) is 0.147. The zero-order valence-corrected chi connectivity index (χ0v) is 10.7. The van der Waals surface area contributed by atoms with Crippen LogP contribution in [0.25, 0.3) is 16.0 Å². The van der Waals surface area contributed by atoms with Gasteiger partial charge in [0.25, 0.3) is 0 Å². The van der Waals surface area contributed by atoms with Crippen molar-refractivity contribution in [2.45, 2.75) is 6.92 Å². The molecule has 4 nitrogen and oxygen atoms in total. The van der Waals surface area contributed by atoms with Gasteiger partial charge in [-0.25, -0.2) is 0 Å². The van der Waals surface area contributed by atoms with Gasteiger partial charge < -0.3 is 4.42 Å². The lowest BCUT2D eigenvalue weighted by atomic mass is 10.1. The number of rotatable bonds is 3. The number of hydrogen-bond donors (Lipinski definition) is 0. The van der Waals surface area contributed by atoms with E-state index in [2.05, 4.69) is 0 Å². The maximum atomic E-state index is 12.2. The van der Waals surface area contributed by atoms with Crippen LogP contribution < -0.4 is 5.43 Å². The van der Waals surface area contributed by atoms with E-state index in [9.17, 15) is 14.4 Å². The van der Waals surface area contributed by atoms with Crippen LogP contribution in [-0.2, 0) is 9.59 Å². The highest BCUT2D eigenvalue weighted by Crippen LogP contribution is 2.22. The summed E-state index contributed by atoms with van der Waals surface area (Å²) in [7, 11) is 0. The Balaban J connectivity index is 2.80. The van der Waals surface area contributed by atoms with Gasteiger partial charge in [0.2, 0.25) is 5.43 Å². The first-order chi connectivity index (χ1) is 9.08. The predicted octanol–water partition coefficient (Wildman–Crippen LogP) is 2.45. The summed E-state index contributed by atoms with van der Waals surface area (Å²) in [6, 6.07) is 5.15. The van der Waals surface area contributed by atoms with Crippen molar-refractivity contribution in [3.05, 3.63) is 51.4 Å². The van der Waals surface area contributed by atoms with Crippen molar-refractivity contribution in [3.63, 3.8) is 0 Å². The van der Waals surface area contributed by atoms with Crippen molar-refractivity contribution in [3.8, 4) is 0 Å². The molecular formula is C14H9ClO4. The monoisotopic (exact) mass is 276 g/mol. The van der Waals surface area contributed by atoms with E-state index in [1.807, 2.05) is 13.0 Å². The van der Waals surface area contributed by atoms with Gasteiger partial charge in [-0.05, 0) is 19.1 Å². The molecule has 0 spiro atoms. The highest BCUT2D eigenvalue weighted by atomic mass is 35.5. The van der Waals surface area contributed by atoms with Gasteiger partial charge in [-0.15, -0.1) is 0 Å². The maximum absolute atomic E-state index is 12.2. The molecule has 96 valence electrons. The van der Waals surface area contributed by atoms with E-state index in [-0.39, 0.29) is 21.6 Å². The maximum Gasteiger partial charge on any atom is 0.201 e. The number of carbonyl (C=O) groups excluding carboxylic acids is 2. The molecule has 0 amide bonds. The largest absolute Gasteiger partial charge is 0.463 e. The van der Waals surface area contributed by atoms with Crippen LogP contribution in [0.1, 0.15) is 11.1 Å². The molecule has 0 unspecified atom stereocenters. The van der Waals surface area contributed by atoms with Gasteiger partial charge in [0.15, 0.2) is 12.6 Å². The third-order valence-corrected chi connectivity index (χ3v) is 3.09. The zero-order chi connectivity index (χ0) is 14.0. The van der Waals surface area contributed by atoms with Crippen LogP contribution >= 0.6 is 11.6 Å². The molecule has 5 heteroatoms. The van der Waals surface area contributed by atoms with Crippen molar-refractivity contribution in [1.29, 1.82) is 0 Å². The van der Waals surface area contributed by atoms with Crippen LogP contribution in [0.4, 0.5) is 0 Å². The number of allylic oxidation sites excluding steroid dienone is 1. The van der Waals surface area contributed by atoms with Gasteiger partial charge in [0.05, 0.1) is 21.6 Å². The molecule has 0 aliphatic carbocycles. The van der Waals surface area contributed by atoms with E-state index >= 15 is 0 Å². The lowest BCUT2D eigenvalue weighted by Gasteiger charge is -2.02. The smallest absolute Gasteiger partial charge is 0.201 e. The number of benzene rings is 1. The van der Waals surface area contributed by atoms with Crippen molar-refractivity contribution < 1.29 is 14.0 Å². The fourth-order valence-electron chi connectivity index (χ4n) is 1.68. The van der Waals surface area contributed by atoms with Crippen molar-refractivity contribution >= 4 is 40.2 Å². The Bertz CT molecular complexity index is 746. The van der Waals surface area contributed by atoms with Gasteiger partial charge in [-0.3, -0.25) is 14.4 Å². The molecule has 0 saturated carbocycles. The molecule has 0 fully saturated rings. The van der Waals surface area contributed by atoms with E-state index in [1.54, 1.807) is 12.1 Å². The second-order valence-electron chi connectivity index (χ2n) is 3.98. The summed E-state index contributed by atoms with van der Waals surface area (Å²) in [4.78, 5) is 33.6. The van der Waals surface area contributed by atoms with E-state index in [0.717, 1.165) is 11.8 Å². The summed E-state index contributed by atoms with van der Waals surface area (Å²) in [6.45, 7) is 1.84. The Kier molecular flexibility index (Phi) is 3.62. The van der Waals surface area contributed by atoms with Crippen LogP contribution in [-0.4, -0.2) is 12.6 Å². The van der Waals surface area contributed by atoms with Gasteiger partial charge in [-0.1, -0.05) is 23.2 Å². The lowest BCUT2D eigenvalue weighted by Crippen LogP contribution is -2.08. The fourth-order valence-corrected chi connectivity index (χ4v) is 1.90. The van der Waals surface area contributed by atoms with Crippen LogP contribution in [0, 0.1) is 6.92 Å². The molecular weight excluding hydrogens is 268 g/mol. The van der Waals surface area contributed by atoms with Gasteiger partial charge in [0, 0.05) is 0 Å². The van der Waals surface area contributed by atoms with Crippen LogP contribution in [0.3, 0.4) is 0 Å². The minimum Gasteiger partial charge on any atom is -0.463 e. The Morgan fingerprint density at radius 1 is 1.26 bits per heavy atom. The molecule has 19 heavy (non-hydrogen) atoms. The molecule has 1 aromatic carbocycles.